The van der Waals surface area contributed by atoms with Crippen LogP contribution in [0.3, 0.4) is 0 Å². The van der Waals surface area contributed by atoms with Crippen LogP contribution in [0.5, 0.6) is 17.2 Å². The summed E-state index contributed by atoms with van der Waals surface area (Å²) in [6, 6.07) is 19.7. The smallest absolute Gasteiger partial charge is 0.338 e. The number of nitrogens with zero attached hydrogens (tertiary/aromatic N) is 2. The third-order valence-corrected chi connectivity index (χ3v) is 8.22. The maximum absolute atomic E-state index is 14.1. The van der Waals surface area contributed by atoms with Gasteiger partial charge in [0.15, 0.2) is 16.3 Å². The van der Waals surface area contributed by atoms with Crippen molar-refractivity contribution < 1.29 is 23.7 Å². The Hall–Kier alpha value is -4.15. The van der Waals surface area contributed by atoms with Gasteiger partial charge >= 0.3 is 5.97 Å². The number of hydrogen-bond donors (Lipinski definition) is 0. The fourth-order valence-corrected chi connectivity index (χ4v) is 6.38. The monoisotopic (exact) mass is 648 g/mol. The van der Waals surface area contributed by atoms with E-state index in [1.54, 1.807) is 43.9 Å². The number of carbonyl (C=O) groups is 1. The van der Waals surface area contributed by atoms with E-state index in [9.17, 15) is 9.59 Å². The SMILES string of the molecule is CCOC(=O)C1=C(c2ccccc2)N=c2s/c(=C\c3cc(Br)c(OCC)c(OC)c3)c(=O)n2[C@@H]1c1ccc(OC)cc1. The molecule has 0 unspecified atom stereocenters. The van der Waals surface area contributed by atoms with Crippen LogP contribution < -0.4 is 29.1 Å². The van der Waals surface area contributed by atoms with Crippen molar-refractivity contribution in [1.29, 1.82) is 0 Å². The molecule has 8 nitrogen and oxygen atoms in total. The summed E-state index contributed by atoms with van der Waals surface area (Å²) in [5.41, 5.74) is 2.68. The lowest BCUT2D eigenvalue weighted by atomic mass is 9.93. The lowest BCUT2D eigenvalue weighted by Gasteiger charge is -2.26. The minimum Gasteiger partial charge on any atom is -0.497 e. The minimum atomic E-state index is -0.773. The first-order valence-electron chi connectivity index (χ1n) is 13.3. The molecule has 1 aliphatic heterocycles. The fourth-order valence-electron chi connectivity index (χ4n) is 4.80. The van der Waals surface area contributed by atoms with Crippen molar-refractivity contribution in [3.63, 3.8) is 0 Å². The Balaban J connectivity index is 1.78. The van der Waals surface area contributed by atoms with Gasteiger partial charge in [-0.05, 0) is 71.2 Å². The summed E-state index contributed by atoms with van der Waals surface area (Å²) in [6.45, 7) is 4.30. The zero-order valence-corrected chi connectivity index (χ0v) is 26.0. The molecule has 42 heavy (non-hydrogen) atoms. The molecule has 5 rings (SSSR count). The first-order chi connectivity index (χ1) is 20.4. The fraction of sp³-hybridized carbons (Fsp3) is 0.219. The quantitative estimate of drug-likeness (QED) is 0.234. The molecular formula is C32H29BrN2O6S. The Bertz CT molecular complexity index is 1830. The number of ether oxygens (including phenoxy) is 4. The number of rotatable bonds is 9. The molecule has 0 spiro atoms. The van der Waals surface area contributed by atoms with Crippen molar-refractivity contribution in [2.24, 2.45) is 4.99 Å². The highest BCUT2D eigenvalue weighted by Crippen LogP contribution is 2.37. The van der Waals surface area contributed by atoms with E-state index >= 15 is 0 Å². The van der Waals surface area contributed by atoms with Crippen molar-refractivity contribution in [3.05, 3.63) is 113 Å². The number of fused-ring (bicyclic) bond motifs is 1. The highest BCUT2D eigenvalue weighted by Gasteiger charge is 2.35. The third-order valence-electron chi connectivity index (χ3n) is 6.64. The van der Waals surface area contributed by atoms with Crippen molar-refractivity contribution in [1.82, 2.24) is 4.57 Å². The molecule has 1 atom stereocenters. The van der Waals surface area contributed by atoms with Crippen molar-refractivity contribution >= 4 is 45.0 Å². The molecule has 0 amide bonds. The highest BCUT2D eigenvalue weighted by molar-refractivity contribution is 9.10. The molecule has 0 saturated carbocycles. The Morgan fingerprint density at radius 2 is 1.76 bits per heavy atom. The topological polar surface area (TPSA) is 88.4 Å². The van der Waals surface area contributed by atoms with Crippen LogP contribution in [0, 0.1) is 0 Å². The van der Waals surface area contributed by atoms with Crippen LogP contribution >= 0.6 is 27.3 Å². The zero-order valence-electron chi connectivity index (χ0n) is 23.5. The van der Waals surface area contributed by atoms with Gasteiger partial charge in [0.25, 0.3) is 5.56 Å². The molecular weight excluding hydrogens is 620 g/mol. The number of carbonyl (C=O) groups excluding carboxylic acids is 1. The van der Waals surface area contributed by atoms with Gasteiger partial charge in [0.2, 0.25) is 0 Å². The molecule has 0 radical (unpaired) electrons. The van der Waals surface area contributed by atoms with Gasteiger partial charge in [0.05, 0.1) is 53.8 Å². The third kappa shape index (κ3) is 5.64. The highest BCUT2D eigenvalue weighted by atomic mass is 79.9. The predicted octanol–water partition coefficient (Wildman–Crippen LogP) is 5.11. The van der Waals surface area contributed by atoms with Gasteiger partial charge < -0.3 is 18.9 Å². The second kappa shape index (κ2) is 12.8. The molecule has 216 valence electrons. The average molecular weight is 650 g/mol. The number of aromatic nitrogens is 1. The second-order valence-corrected chi connectivity index (χ2v) is 11.0. The molecule has 3 aromatic carbocycles. The lowest BCUT2D eigenvalue weighted by molar-refractivity contribution is -0.138. The van der Waals surface area contributed by atoms with Crippen LogP contribution in [0.15, 0.2) is 86.6 Å². The van der Waals surface area contributed by atoms with Crippen LogP contribution in [0.4, 0.5) is 0 Å². The Kier molecular flexibility index (Phi) is 8.94. The van der Waals surface area contributed by atoms with E-state index in [0.29, 0.717) is 43.4 Å². The Labute approximate surface area is 255 Å². The van der Waals surface area contributed by atoms with E-state index in [-0.39, 0.29) is 17.7 Å². The second-order valence-electron chi connectivity index (χ2n) is 9.17. The van der Waals surface area contributed by atoms with E-state index in [0.717, 1.165) is 16.7 Å². The van der Waals surface area contributed by atoms with E-state index < -0.39 is 12.0 Å². The summed E-state index contributed by atoms with van der Waals surface area (Å²) in [5, 5.41) is 0. The number of hydrogen-bond acceptors (Lipinski definition) is 8. The minimum absolute atomic E-state index is 0.179. The summed E-state index contributed by atoms with van der Waals surface area (Å²) in [5.74, 6) is 1.25. The van der Waals surface area contributed by atoms with Crippen LogP contribution in [-0.4, -0.2) is 38.0 Å². The Morgan fingerprint density at radius 1 is 1.02 bits per heavy atom. The van der Waals surface area contributed by atoms with Gasteiger partial charge in [-0.15, -0.1) is 0 Å². The molecule has 0 fully saturated rings. The molecule has 0 N–H and O–H groups in total. The average Bonchev–Trinajstić information content (AvgIpc) is 3.32. The molecule has 10 heteroatoms. The summed E-state index contributed by atoms with van der Waals surface area (Å²) in [6.07, 6.45) is 1.79. The van der Waals surface area contributed by atoms with Crippen molar-refractivity contribution in [3.8, 4) is 17.2 Å². The van der Waals surface area contributed by atoms with E-state index in [2.05, 4.69) is 15.9 Å². The molecule has 4 aromatic rings. The maximum Gasteiger partial charge on any atom is 0.338 e. The van der Waals surface area contributed by atoms with Crippen LogP contribution in [0.2, 0.25) is 0 Å². The summed E-state index contributed by atoms with van der Waals surface area (Å²) in [7, 11) is 3.16. The van der Waals surface area contributed by atoms with Gasteiger partial charge in [-0.2, -0.15) is 0 Å². The number of halogens is 1. The van der Waals surface area contributed by atoms with Crippen LogP contribution in [-0.2, 0) is 9.53 Å². The summed E-state index contributed by atoms with van der Waals surface area (Å²) in [4.78, 5) is 33.1. The predicted molar refractivity (Wildman–Crippen MR) is 166 cm³/mol. The van der Waals surface area contributed by atoms with E-state index in [4.69, 9.17) is 23.9 Å². The molecule has 0 aliphatic carbocycles. The summed E-state index contributed by atoms with van der Waals surface area (Å²) < 4.78 is 24.9. The molecule has 2 heterocycles. The van der Waals surface area contributed by atoms with Crippen LogP contribution in [0.1, 0.15) is 36.6 Å². The van der Waals surface area contributed by atoms with E-state index in [1.807, 2.05) is 61.5 Å². The molecule has 1 aromatic heterocycles. The van der Waals surface area contributed by atoms with Crippen molar-refractivity contribution in [2.75, 3.05) is 27.4 Å². The zero-order chi connectivity index (χ0) is 29.8. The van der Waals surface area contributed by atoms with E-state index in [1.165, 1.54) is 11.3 Å². The van der Waals surface area contributed by atoms with Gasteiger partial charge in [0.1, 0.15) is 5.75 Å². The Morgan fingerprint density at radius 3 is 2.40 bits per heavy atom. The van der Waals surface area contributed by atoms with Gasteiger partial charge in [-0.3, -0.25) is 9.36 Å². The first-order valence-corrected chi connectivity index (χ1v) is 14.9. The summed E-state index contributed by atoms with van der Waals surface area (Å²) >= 11 is 4.81. The van der Waals surface area contributed by atoms with Gasteiger partial charge in [-0.1, -0.05) is 53.8 Å². The maximum atomic E-state index is 14.1. The van der Waals surface area contributed by atoms with Crippen molar-refractivity contribution in [2.45, 2.75) is 19.9 Å². The largest absolute Gasteiger partial charge is 0.497 e. The van der Waals surface area contributed by atoms with Gasteiger partial charge in [0, 0.05) is 5.56 Å². The number of esters is 1. The molecule has 1 aliphatic rings. The number of benzene rings is 3. The first kappa shape index (κ1) is 29.3. The lowest BCUT2D eigenvalue weighted by Crippen LogP contribution is -2.40. The van der Waals surface area contributed by atoms with Gasteiger partial charge in [-0.25, -0.2) is 9.79 Å². The normalized spacial score (nSPS) is 14.7. The standard InChI is InChI=1S/C32H29BrN2O6S/c1-5-40-29-23(33)16-19(17-24(29)39-4)18-25-30(36)35-28(21-12-14-22(38-3)15-13-21)26(31(37)41-6-2)27(34-32(35)42-25)20-10-8-7-9-11-20/h7-18,28H,5-6H2,1-4H3/b25-18-/t28-/m1/s1. The molecule has 0 bridgehead atoms. The number of thiazole rings is 1. The van der Waals surface area contributed by atoms with Crippen LogP contribution in [0.25, 0.3) is 11.8 Å². The number of methoxy groups -OCH3 is 2. The molecule has 0 saturated heterocycles.